The lowest BCUT2D eigenvalue weighted by Gasteiger charge is -2.06. The maximum atomic E-state index is 10.8. The van der Waals surface area contributed by atoms with E-state index in [2.05, 4.69) is 52.4 Å². The zero-order chi connectivity index (χ0) is 14.5. The Morgan fingerprint density at radius 1 is 1.10 bits per heavy atom. The molecule has 0 aliphatic carbocycles. The van der Waals surface area contributed by atoms with E-state index in [1.807, 2.05) is 6.07 Å². The van der Waals surface area contributed by atoms with Gasteiger partial charge in [-0.15, -0.1) is 0 Å². The average Bonchev–Trinajstić information content (AvgIpc) is 2.40. The first kappa shape index (κ1) is 14.7. The molecule has 0 atom stereocenters. The molecule has 0 radical (unpaired) electrons. The molecule has 0 heterocycles. The van der Waals surface area contributed by atoms with Gasteiger partial charge in [0, 0.05) is 29.7 Å². The van der Waals surface area contributed by atoms with Crippen molar-refractivity contribution in [1.29, 1.82) is 0 Å². The highest BCUT2D eigenvalue weighted by Gasteiger charge is 2.08. The van der Waals surface area contributed by atoms with Crippen molar-refractivity contribution in [1.82, 2.24) is 5.32 Å². The first-order valence-corrected chi connectivity index (χ1v) is 7.04. The van der Waals surface area contributed by atoms with E-state index in [1.165, 1.54) is 17.2 Å². The Balaban J connectivity index is 1.97. The van der Waals surface area contributed by atoms with E-state index in [0.29, 0.717) is 6.54 Å². The SMILES string of the molecule is Cc1ccc(CNCc2cc(Br)cc([N+](=O)[O-])c2)cc1. The second-order valence-corrected chi connectivity index (χ2v) is 5.58. The lowest BCUT2D eigenvalue weighted by Crippen LogP contribution is -2.12. The summed E-state index contributed by atoms with van der Waals surface area (Å²) < 4.78 is 0.721. The third-order valence-corrected chi connectivity index (χ3v) is 3.39. The number of hydrogen-bond acceptors (Lipinski definition) is 3. The number of rotatable bonds is 5. The summed E-state index contributed by atoms with van der Waals surface area (Å²) in [5.41, 5.74) is 3.42. The molecule has 0 spiro atoms. The van der Waals surface area contributed by atoms with Gasteiger partial charge in [-0.25, -0.2) is 0 Å². The van der Waals surface area contributed by atoms with Gasteiger partial charge in [0.2, 0.25) is 0 Å². The molecular formula is C15H15BrN2O2. The molecule has 0 amide bonds. The Hall–Kier alpha value is -1.72. The fourth-order valence-electron chi connectivity index (χ4n) is 1.90. The van der Waals surface area contributed by atoms with Crippen LogP contribution in [0.2, 0.25) is 0 Å². The van der Waals surface area contributed by atoms with E-state index in [9.17, 15) is 10.1 Å². The number of aryl methyl sites for hydroxylation is 1. The van der Waals surface area contributed by atoms with Gasteiger partial charge in [-0.1, -0.05) is 45.8 Å². The second kappa shape index (κ2) is 6.63. The number of nitro benzene ring substituents is 1. The summed E-state index contributed by atoms with van der Waals surface area (Å²) in [5.74, 6) is 0. The first-order valence-electron chi connectivity index (χ1n) is 6.25. The number of hydrogen-bond donors (Lipinski definition) is 1. The maximum absolute atomic E-state index is 10.8. The quantitative estimate of drug-likeness (QED) is 0.665. The van der Waals surface area contributed by atoms with Crippen LogP contribution in [0, 0.1) is 17.0 Å². The van der Waals surface area contributed by atoms with Crippen molar-refractivity contribution in [3.63, 3.8) is 0 Å². The normalized spacial score (nSPS) is 10.5. The van der Waals surface area contributed by atoms with E-state index in [4.69, 9.17) is 0 Å². The molecule has 0 saturated carbocycles. The van der Waals surface area contributed by atoms with Crippen LogP contribution in [-0.4, -0.2) is 4.92 Å². The van der Waals surface area contributed by atoms with Crippen molar-refractivity contribution >= 4 is 21.6 Å². The van der Waals surface area contributed by atoms with Gasteiger partial charge < -0.3 is 5.32 Å². The molecule has 5 heteroatoms. The smallest absolute Gasteiger partial charge is 0.270 e. The highest BCUT2D eigenvalue weighted by Crippen LogP contribution is 2.21. The van der Waals surface area contributed by atoms with Gasteiger partial charge in [-0.3, -0.25) is 10.1 Å². The van der Waals surface area contributed by atoms with Crippen LogP contribution < -0.4 is 5.32 Å². The molecule has 0 fully saturated rings. The summed E-state index contributed by atoms with van der Waals surface area (Å²) in [6.07, 6.45) is 0. The number of halogens is 1. The van der Waals surface area contributed by atoms with Crippen molar-refractivity contribution in [2.24, 2.45) is 0 Å². The van der Waals surface area contributed by atoms with E-state index in [-0.39, 0.29) is 10.6 Å². The van der Waals surface area contributed by atoms with Gasteiger partial charge >= 0.3 is 0 Å². The first-order chi connectivity index (χ1) is 9.54. The predicted octanol–water partition coefficient (Wildman–Crippen LogP) is 3.96. The van der Waals surface area contributed by atoms with Crippen LogP contribution in [0.5, 0.6) is 0 Å². The van der Waals surface area contributed by atoms with Crippen LogP contribution in [0.15, 0.2) is 46.9 Å². The fraction of sp³-hybridized carbons (Fsp3) is 0.200. The van der Waals surface area contributed by atoms with E-state index in [0.717, 1.165) is 16.6 Å². The van der Waals surface area contributed by atoms with Crippen LogP contribution in [0.3, 0.4) is 0 Å². The van der Waals surface area contributed by atoms with Crippen molar-refractivity contribution < 1.29 is 4.92 Å². The monoisotopic (exact) mass is 334 g/mol. The van der Waals surface area contributed by atoms with Gasteiger partial charge in [0.25, 0.3) is 5.69 Å². The Labute approximate surface area is 126 Å². The lowest BCUT2D eigenvalue weighted by atomic mass is 10.1. The van der Waals surface area contributed by atoms with Gasteiger partial charge in [-0.05, 0) is 24.1 Å². The summed E-state index contributed by atoms with van der Waals surface area (Å²) in [6.45, 7) is 3.38. The van der Waals surface area contributed by atoms with Crippen LogP contribution in [0.25, 0.3) is 0 Å². The van der Waals surface area contributed by atoms with Gasteiger partial charge in [0.1, 0.15) is 0 Å². The van der Waals surface area contributed by atoms with E-state index >= 15 is 0 Å². The van der Waals surface area contributed by atoms with Crippen molar-refractivity contribution in [3.8, 4) is 0 Å². The molecule has 0 saturated heterocycles. The van der Waals surface area contributed by atoms with Gasteiger partial charge in [0.15, 0.2) is 0 Å². The average molecular weight is 335 g/mol. The van der Waals surface area contributed by atoms with Crippen molar-refractivity contribution in [2.75, 3.05) is 0 Å². The topological polar surface area (TPSA) is 55.2 Å². The lowest BCUT2D eigenvalue weighted by molar-refractivity contribution is -0.385. The van der Waals surface area contributed by atoms with Crippen molar-refractivity contribution in [3.05, 3.63) is 73.7 Å². The summed E-state index contributed by atoms with van der Waals surface area (Å²) in [4.78, 5) is 10.4. The van der Waals surface area contributed by atoms with Crippen LogP contribution in [0.4, 0.5) is 5.69 Å². The highest BCUT2D eigenvalue weighted by molar-refractivity contribution is 9.10. The van der Waals surface area contributed by atoms with Crippen LogP contribution in [0.1, 0.15) is 16.7 Å². The Morgan fingerprint density at radius 2 is 1.75 bits per heavy atom. The molecule has 0 aliphatic heterocycles. The fourth-order valence-corrected chi connectivity index (χ4v) is 2.43. The Kier molecular flexibility index (Phi) is 4.87. The molecule has 2 aromatic carbocycles. The van der Waals surface area contributed by atoms with E-state index < -0.39 is 0 Å². The zero-order valence-electron chi connectivity index (χ0n) is 11.1. The Bertz CT molecular complexity index is 612. The summed E-state index contributed by atoms with van der Waals surface area (Å²) in [7, 11) is 0. The summed E-state index contributed by atoms with van der Waals surface area (Å²) in [5, 5.41) is 14.1. The second-order valence-electron chi connectivity index (χ2n) is 4.66. The van der Waals surface area contributed by atoms with Crippen LogP contribution in [-0.2, 0) is 13.1 Å². The summed E-state index contributed by atoms with van der Waals surface area (Å²) >= 11 is 3.29. The molecule has 104 valence electrons. The van der Waals surface area contributed by atoms with Crippen molar-refractivity contribution in [2.45, 2.75) is 20.0 Å². The predicted molar refractivity (Wildman–Crippen MR) is 82.5 cm³/mol. The van der Waals surface area contributed by atoms with Gasteiger partial charge in [-0.2, -0.15) is 0 Å². The molecule has 0 aromatic heterocycles. The largest absolute Gasteiger partial charge is 0.309 e. The molecular weight excluding hydrogens is 320 g/mol. The molecule has 0 aliphatic rings. The molecule has 0 bridgehead atoms. The number of nitrogens with zero attached hydrogens (tertiary/aromatic N) is 1. The molecule has 20 heavy (non-hydrogen) atoms. The maximum Gasteiger partial charge on any atom is 0.270 e. The molecule has 1 N–H and O–H groups in total. The minimum atomic E-state index is -0.381. The minimum Gasteiger partial charge on any atom is -0.309 e. The van der Waals surface area contributed by atoms with Crippen LogP contribution >= 0.6 is 15.9 Å². The van der Waals surface area contributed by atoms with Gasteiger partial charge in [0.05, 0.1) is 4.92 Å². The minimum absolute atomic E-state index is 0.103. The Morgan fingerprint density at radius 3 is 2.40 bits per heavy atom. The molecule has 4 nitrogen and oxygen atoms in total. The summed E-state index contributed by atoms with van der Waals surface area (Å²) in [6, 6.07) is 13.3. The molecule has 0 unspecified atom stereocenters. The molecule has 2 rings (SSSR count). The number of benzene rings is 2. The number of non-ortho nitro benzene ring substituents is 1. The zero-order valence-corrected chi connectivity index (χ0v) is 12.7. The third-order valence-electron chi connectivity index (χ3n) is 2.93. The number of nitro groups is 1. The highest BCUT2D eigenvalue weighted by atomic mass is 79.9. The molecule has 2 aromatic rings. The standard InChI is InChI=1S/C15H15BrN2O2/c1-11-2-4-12(5-3-11)9-17-10-13-6-14(16)8-15(7-13)18(19)20/h2-8,17H,9-10H2,1H3. The third kappa shape index (κ3) is 4.15. The number of nitrogens with one attached hydrogen (secondary N) is 1. The van der Waals surface area contributed by atoms with E-state index in [1.54, 1.807) is 6.07 Å².